The Balaban J connectivity index is 1.85. The van der Waals surface area contributed by atoms with Crippen LogP contribution in [0.2, 0.25) is 0 Å². The maximum Gasteiger partial charge on any atom is 0.167 e. The van der Waals surface area contributed by atoms with Gasteiger partial charge in [0.15, 0.2) is 5.78 Å². The summed E-state index contributed by atoms with van der Waals surface area (Å²) < 4.78 is 5.92. The van der Waals surface area contributed by atoms with Crippen LogP contribution in [-0.2, 0) is 0 Å². The van der Waals surface area contributed by atoms with Crippen LogP contribution in [0, 0.1) is 5.92 Å². The SMILES string of the molecule is CCCN1CC(C)Oc2ccc(C(=O)C3CCCNC3)cc21. The van der Waals surface area contributed by atoms with Crippen LogP contribution < -0.4 is 15.0 Å². The lowest BCUT2D eigenvalue weighted by molar-refractivity contribution is 0.0899. The molecule has 0 amide bonds. The van der Waals surface area contributed by atoms with Crippen molar-refractivity contribution in [2.24, 2.45) is 5.92 Å². The summed E-state index contributed by atoms with van der Waals surface area (Å²) in [4.78, 5) is 15.1. The number of benzene rings is 1. The van der Waals surface area contributed by atoms with Crippen LogP contribution in [0.5, 0.6) is 5.75 Å². The minimum Gasteiger partial charge on any atom is -0.487 e. The van der Waals surface area contributed by atoms with Gasteiger partial charge in [0.1, 0.15) is 11.9 Å². The van der Waals surface area contributed by atoms with Gasteiger partial charge in [-0.2, -0.15) is 0 Å². The predicted octanol–water partition coefficient (Wildman–Crippen LogP) is 2.87. The van der Waals surface area contributed by atoms with Gasteiger partial charge in [0.05, 0.1) is 12.2 Å². The van der Waals surface area contributed by atoms with Crippen LogP contribution in [0.1, 0.15) is 43.5 Å². The van der Waals surface area contributed by atoms with Crippen molar-refractivity contribution in [3.63, 3.8) is 0 Å². The molecule has 1 saturated heterocycles. The van der Waals surface area contributed by atoms with E-state index in [1.165, 1.54) is 0 Å². The van der Waals surface area contributed by atoms with Crippen molar-refractivity contribution in [2.75, 3.05) is 31.1 Å². The number of carbonyl (C=O) groups is 1. The minimum atomic E-state index is 0.120. The zero-order valence-electron chi connectivity index (χ0n) is 13.6. The summed E-state index contributed by atoms with van der Waals surface area (Å²) in [6, 6.07) is 5.93. The highest BCUT2D eigenvalue weighted by Gasteiger charge is 2.26. The number of anilines is 1. The molecule has 22 heavy (non-hydrogen) atoms. The highest BCUT2D eigenvalue weighted by atomic mass is 16.5. The number of Topliss-reactive ketones (excluding diaryl/α,β-unsaturated/α-hetero) is 1. The second-order valence-corrected chi connectivity index (χ2v) is 6.46. The van der Waals surface area contributed by atoms with Gasteiger partial charge in [-0.05, 0) is 50.9 Å². The van der Waals surface area contributed by atoms with Gasteiger partial charge in [0, 0.05) is 24.6 Å². The average Bonchev–Trinajstić information content (AvgIpc) is 2.55. The second kappa shape index (κ2) is 6.69. The zero-order chi connectivity index (χ0) is 15.5. The van der Waals surface area contributed by atoms with Crippen LogP contribution in [0.3, 0.4) is 0 Å². The van der Waals surface area contributed by atoms with Crippen molar-refractivity contribution in [1.29, 1.82) is 0 Å². The molecule has 0 radical (unpaired) electrons. The Bertz CT molecular complexity index is 538. The first kappa shape index (κ1) is 15.3. The monoisotopic (exact) mass is 302 g/mol. The highest BCUT2D eigenvalue weighted by molar-refractivity contribution is 5.99. The van der Waals surface area contributed by atoms with E-state index in [1.807, 2.05) is 18.2 Å². The van der Waals surface area contributed by atoms with E-state index >= 15 is 0 Å². The fourth-order valence-corrected chi connectivity index (χ4v) is 3.47. The van der Waals surface area contributed by atoms with Gasteiger partial charge in [0.25, 0.3) is 0 Å². The molecule has 0 saturated carbocycles. The molecule has 2 aliphatic heterocycles. The third-order valence-electron chi connectivity index (χ3n) is 4.55. The summed E-state index contributed by atoms with van der Waals surface area (Å²) in [6.07, 6.45) is 3.37. The average molecular weight is 302 g/mol. The molecule has 1 aromatic carbocycles. The molecule has 4 nitrogen and oxygen atoms in total. The minimum absolute atomic E-state index is 0.120. The fraction of sp³-hybridized carbons (Fsp3) is 0.611. The molecule has 1 N–H and O–H groups in total. The summed E-state index contributed by atoms with van der Waals surface area (Å²) in [5.41, 5.74) is 1.90. The summed E-state index contributed by atoms with van der Waals surface area (Å²) in [5.74, 6) is 1.30. The fourth-order valence-electron chi connectivity index (χ4n) is 3.47. The van der Waals surface area contributed by atoms with Gasteiger partial charge < -0.3 is 15.0 Å². The number of ether oxygens (including phenoxy) is 1. The van der Waals surface area contributed by atoms with E-state index < -0.39 is 0 Å². The molecule has 3 rings (SSSR count). The second-order valence-electron chi connectivity index (χ2n) is 6.46. The van der Waals surface area contributed by atoms with Crippen LogP contribution in [0.25, 0.3) is 0 Å². The number of carbonyl (C=O) groups excluding carboxylic acids is 1. The number of hydrogen-bond donors (Lipinski definition) is 1. The molecule has 0 aromatic heterocycles. The Morgan fingerprint density at radius 3 is 3.05 bits per heavy atom. The standard InChI is InChI=1S/C18H26N2O2/c1-3-9-20-12-13(2)22-17-7-6-14(10-16(17)20)18(21)15-5-4-8-19-11-15/h6-7,10,13,15,19H,3-5,8-9,11-12H2,1-2H3. The van der Waals surface area contributed by atoms with E-state index in [0.717, 1.165) is 62.4 Å². The van der Waals surface area contributed by atoms with Gasteiger partial charge in [0.2, 0.25) is 0 Å². The molecule has 2 aliphatic rings. The summed E-state index contributed by atoms with van der Waals surface area (Å²) in [7, 11) is 0. The summed E-state index contributed by atoms with van der Waals surface area (Å²) >= 11 is 0. The molecule has 120 valence electrons. The quantitative estimate of drug-likeness (QED) is 0.868. The Morgan fingerprint density at radius 2 is 2.32 bits per heavy atom. The number of piperidine rings is 1. The number of rotatable bonds is 4. The predicted molar refractivity (Wildman–Crippen MR) is 89.0 cm³/mol. The number of nitrogens with zero attached hydrogens (tertiary/aromatic N) is 1. The van der Waals surface area contributed by atoms with Gasteiger partial charge in [-0.25, -0.2) is 0 Å². The molecule has 0 spiro atoms. The molecule has 0 bridgehead atoms. The van der Waals surface area contributed by atoms with Gasteiger partial charge in [-0.1, -0.05) is 6.92 Å². The first-order valence-electron chi connectivity index (χ1n) is 8.49. The van der Waals surface area contributed by atoms with E-state index in [0.29, 0.717) is 0 Å². The van der Waals surface area contributed by atoms with E-state index in [1.54, 1.807) is 0 Å². The Kier molecular flexibility index (Phi) is 4.67. The van der Waals surface area contributed by atoms with Crippen molar-refractivity contribution < 1.29 is 9.53 Å². The normalized spacial score (nSPS) is 24.5. The lowest BCUT2D eigenvalue weighted by Gasteiger charge is -2.35. The van der Waals surface area contributed by atoms with E-state index in [4.69, 9.17) is 4.74 Å². The van der Waals surface area contributed by atoms with Crippen molar-refractivity contribution in [1.82, 2.24) is 5.32 Å². The number of fused-ring (bicyclic) bond motifs is 1. The van der Waals surface area contributed by atoms with Crippen molar-refractivity contribution in [3.05, 3.63) is 23.8 Å². The number of nitrogens with one attached hydrogen (secondary N) is 1. The lowest BCUT2D eigenvalue weighted by atomic mass is 9.90. The Morgan fingerprint density at radius 1 is 1.45 bits per heavy atom. The maximum absolute atomic E-state index is 12.7. The third-order valence-corrected chi connectivity index (χ3v) is 4.55. The number of ketones is 1. The summed E-state index contributed by atoms with van der Waals surface area (Å²) in [6.45, 7) is 8.01. The molecule has 4 heteroatoms. The lowest BCUT2D eigenvalue weighted by Crippen LogP contribution is -2.39. The van der Waals surface area contributed by atoms with E-state index in [9.17, 15) is 4.79 Å². The molecular weight excluding hydrogens is 276 g/mol. The highest BCUT2D eigenvalue weighted by Crippen LogP contribution is 2.35. The van der Waals surface area contributed by atoms with Crippen molar-refractivity contribution in [3.8, 4) is 5.75 Å². The largest absolute Gasteiger partial charge is 0.487 e. The van der Waals surface area contributed by atoms with E-state index in [-0.39, 0.29) is 17.8 Å². The van der Waals surface area contributed by atoms with Gasteiger partial charge in [-0.3, -0.25) is 4.79 Å². The molecule has 2 atom stereocenters. The van der Waals surface area contributed by atoms with Crippen LogP contribution in [-0.4, -0.2) is 38.1 Å². The molecular formula is C18H26N2O2. The first-order valence-corrected chi connectivity index (χ1v) is 8.49. The Hall–Kier alpha value is -1.55. The number of hydrogen-bond acceptors (Lipinski definition) is 4. The van der Waals surface area contributed by atoms with Crippen LogP contribution in [0.15, 0.2) is 18.2 Å². The molecule has 1 fully saturated rings. The van der Waals surface area contributed by atoms with Gasteiger partial charge in [-0.15, -0.1) is 0 Å². The zero-order valence-corrected chi connectivity index (χ0v) is 13.6. The van der Waals surface area contributed by atoms with Crippen molar-refractivity contribution >= 4 is 11.5 Å². The maximum atomic E-state index is 12.7. The summed E-state index contributed by atoms with van der Waals surface area (Å²) in [5, 5.41) is 3.33. The molecule has 2 unspecified atom stereocenters. The smallest absolute Gasteiger partial charge is 0.167 e. The third kappa shape index (κ3) is 3.12. The van der Waals surface area contributed by atoms with Crippen molar-refractivity contribution in [2.45, 2.75) is 39.2 Å². The topological polar surface area (TPSA) is 41.6 Å². The van der Waals surface area contributed by atoms with Gasteiger partial charge >= 0.3 is 0 Å². The molecule has 2 heterocycles. The van der Waals surface area contributed by atoms with Crippen LogP contribution in [0.4, 0.5) is 5.69 Å². The Labute approximate surface area is 132 Å². The van der Waals surface area contributed by atoms with E-state index in [2.05, 4.69) is 24.1 Å². The first-order chi connectivity index (χ1) is 10.7. The van der Waals surface area contributed by atoms with Crippen LogP contribution >= 0.6 is 0 Å². The molecule has 0 aliphatic carbocycles. The molecule has 1 aromatic rings.